The summed E-state index contributed by atoms with van der Waals surface area (Å²) < 4.78 is 55.8. The smallest absolute Gasteiger partial charge is 0.340 e. The van der Waals surface area contributed by atoms with Crippen molar-refractivity contribution in [1.82, 2.24) is 20.4 Å². The second-order valence-corrected chi connectivity index (χ2v) is 9.90. The van der Waals surface area contributed by atoms with Gasteiger partial charge in [-0.25, -0.2) is 9.07 Å². The van der Waals surface area contributed by atoms with E-state index in [4.69, 9.17) is 11.5 Å². The number of terminal acetylenes is 1. The number of hydrogen-bond acceptors (Lipinski definition) is 4. The molecule has 2 N–H and O–H groups in total. The molecule has 8 nitrogen and oxygen atoms in total. The summed E-state index contributed by atoms with van der Waals surface area (Å²) in [7, 11) is 0. The molecule has 1 aromatic heterocycles. The molecule has 1 aliphatic heterocycles. The molecule has 2 heterocycles. The Morgan fingerprint density at radius 3 is 2.36 bits per heavy atom. The van der Waals surface area contributed by atoms with Gasteiger partial charge in [0.2, 0.25) is 0 Å². The van der Waals surface area contributed by atoms with E-state index in [2.05, 4.69) is 10.6 Å². The lowest BCUT2D eigenvalue weighted by atomic mass is 9.80. The van der Waals surface area contributed by atoms with Crippen molar-refractivity contribution >= 4 is 23.5 Å². The first-order valence-electron chi connectivity index (χ1n) is 13.5. The number of nitrogens with zero attached hydrogens (tertiary/aromatic N) is 3. The van der Waals surface area contributed by atoms with E-state index in [1.165, 1.54) is 39.9 Å². The average Bonchev–Trinajstić information content (AvgIpc) is 3.39. The van der Waals surface area contributed by atoms with E-state index < -0.39 is 47.2 Å². The predicted octanol–water partition coefficient (Wildman–Crippen LogP) is 4.58. The van der Waals surface area contributed by atoms with Gasteiger partial charge >= 0.3 is 6.18 Å². The SMILES string of the molecule is C#CC(=O)NCc1nn(-c2ccccc2)c2c1[C@H](c1ccc(F)cc1)[C@H](NC(=O)c1cccc(C(F)(F)F)c1)C(=O)N2CC. The summed E-state index contributed by atoms with van der Waals surface area (Å²) in [6.45, 7) is 1.70. The van der Waals surface area contributed by atoms with Crippen LogP contribution in [0.25, 0.3) is 5.69 Å². The fourth-order valence-corrected chi connectivity index (χ4v) is 5.26. The molecule has 2 atom stereocenters. The maximum atomic E-state index is 14.2. The van der Waals surface area contributed by atoms with E-state index >= 15 is 0 Å². The van der Waals surface area contributed by atoms with Crippen LogP contribution in [0.4, 0.5) is 23.4 Å². The van der Waals surface area contributed by atoms with Gasteiger partial charge in [0.25, 0.3) is 17.7 Å². The first kappa shape index (κ1) is 30.0. The van der Waals surface area contributed by atoms with Gasteiger partial charge in [-0.3, -0.25) is 19.3 Å². The minimum atomic E-state index is -4.69. The van der Waals surface area contributed by atoms with Gasteiger partial charge in [0, 0.05) is 23.6 Å². The summed E-state index contributed by atoms with van der Waals surface area (Å²) in [4.78, 5) is 41.1. The highest BCUT2D eigenvalue weighted by Gasteiger charge is 2.46. The fraction of sp³-hybridized carbons (Fsp3) is 0.188. The van der Waals surface area contributed by atoms with E-state index in [-0.39, 0.29) is 18.7 Å². The van der Waals surface area contributed by atoms with E-state index in [1.807, 2.05) is 5.92 Å². The summed E-state index contributed by atoms with van der Waals surface area (Å²) in [5, 5.41) is 9.95. The molecular weight excluding hydrogens is 578 g/mol. The van der Waals surface area contributed by atoms with Crippen LogP contribution < -0.4 is 15.5 Å². The van der Waals surface area contributed by atoms with Gasteiger partial charge in [-0.15, -0.1) is 6.42 Å². The van der Waals surface area contributed by atoms with Gasteiger partial charge in [-0.1, -0.05) is 36.4 Å². The van der Waals surface area contributed by atoms with Gasteiger partial charge in [0.1, 0.15) is 17.7 Å². The molecule has 3 aromatic carbocycles. The third kappa shape index (κ3) is 5.76. The highest BCUT2D eigenvalue weighted by Crippen LogP contribution is 2.43. The third-order valence-corrected chi connectivity index (χ3v) is 7.24. The summed E-state index contributed by atoms with van der Waals surface area (Å²) in [5.74, 6) is -1.39. The predicted molar refractivity (Wildman–Crippen MR) is 153 cm³/mol. The zero-order valence-corrected chi connectivity index (χ0v) is 23.2. The fourth-order valence-electron chi connectivity index (χ4n) is 5.26. The molecule has 4 aromatic rings. The van der Waals surface area contributed by atoms with Crippen molar-refractivity contribution in [2.75, 3.05) is 11.4 Å². The Morgan fingerprint density at radius 1 is 1.02 bits per heavy atom. The number of nitrogens with one attached hydrogen (secondary N) is 2. The lowest BCUT2D eigenvalue weighted by molar-refractivity contribution is -0.137. The highest BCUT2D eigenvalue weighted by molar-refractivity contribution is 6.05. The van der Waals surface area contributed by atoms with Crippen molar-refractivity contribution in [3.8, 4) is 18.0 Å². The molecule has 0 unspecified atom stereocenters. The summed E-state index contributed by atoms with van der Waals surface area (Å²) in [5.41, 5.74) is 0.431. The molecule has 0 radical (unpaired) electrons. The number of benzene rings is 3. The molecule has 0 bridgehead atoms. The Kier molecular flexibility index (Phi) is 8.22. The Morgan fingerprint density at radius 2 is 1.73 bits per heavy atom. The van der Waals surface area contributed by atoms with Crippen molar-refractivity contribution in [3.05, 3.63) is 113 Å². The van der Waals surface area contributed by atoms with Crippen molar-refractivity contribution in [2.45, 2.75) is 31.6 Å². The minimum absolute atomic E-state index is 0.132. The van der Waals surface area contributed by atoms with Crippen molar-refractivity contribution in [3.63, 3.8) is 0 Å². The lowest BCUT2D eigenvalue weighted by Gasteiger charge is -2.38. The molecule has 44 heavy (non-hydrogen) atoms. The Bertz CT molecular complexity index is 1760. The summed E-state index contributed by atoms with van der Waals surface area (Å²) in [6.07, 6.45) is 0.551. The van der Waals surface area contributed by atoms with Crippen molar-refractivity contribution in [2.24, 2.45) is 0 Å². The summed E-state index contributed by atoms with van der Waals surface area (Å²) in [6, 6.07) is 16.7. The van der Waals surface area contributed by atoms with Crippen molar-refractivity contribution in [1.29, 1.82) is 0 Å². The van der Waals surface area contributed by atoms with Gasteiger partial charge < -0.3 is 10.6 Å². The molecule has 224 valence electrons. The van der Waals surface area contributed by atoms with Gasteiger partial charge in [0.15, 0.2) is 0 Å². The molecule has 1 aliphatic rings. The Hall–Kier alpha value is -5.44. The van der Waals surface area contributed by atoms with Gasteiger partial charge in [-0.05, 0) is 60.9 Å². The zero-order valence-electron chi connectivity index (χ0n) is 23.2. The molecule has 0 aliphatic carbocycles. The van der Waals surface area contributed by atoms with Crippen LogP contribution in [0.3, 0.4) is 0 Å². The first-order chi connectivity index (χ1) is 21.0. The number of rotatable bonds is 7. The van der Waals surface area contributed by atoms with Crippen LogP contribution in [0.2, 0.25) is 0 Å². The highest BCUT2D eigenvalue weighted by atomic mass is 19.4. The first-order valence-corrected chi connectivity index (χ1v) is 13.5. The summed E-state index contributed by atoms with van der Waals surface area (Å²) >= 11 is 0. The van der Waals surface area contributed by atoms with E-state index in [0.29, 0.717) is 34.4 Å². The number of para-hydroxylation sites is 1. The number of likely N-dealkylation sites (N-methyl/N-ethyl adjacent to an activating group) is 1. The quantitative estimate of drug-likeness (QED) is 0.239. The molecule has 0 fully saturated rings. The van der Waals surface area contributed by atoms with Gasteiger partial charge in [-0.2, -0.15) is 18.3 Å². The molecular formula is C32H25F4N5O3. The number of fused-ring (bicyclic) bond motifs is 1. The van der Waals surface area contributed by atoms with E-state index in [9.17, 15) is 31.9 Å². The topological polar surface area (TPSA) is 96.3 Å². The maximum Gasteiger partial charge on any atom is 0.416 e. The second-order valence-electron chi connectivity index (χ2n) is 9.90. The van der Waals surface area contributed by atoms with Crippen LogP contribution >= 0.6 is 0 Å². The number of hydrogen-bond donors (Lipinski definition) is 2. The van der Waals surface area contributed by atoms with Crippen LogP contribution in [-0.4, -0.2) is 40.1 Å². The Labute approximate surface area is 249 Å². The van der Waals surface area contributed by atoms with Crippen molar-refractivity contribution < 1.29 is 31.9 Å². The normalized spacial score (nSPS) is 16.2. The van der Waals surface area contributed by atoms with E-state index in [0.717, 1.165) is 12.1 Å². The number of carbonyl (C=O) groups excluding carboxylic acids is 3. The number of amides is 3. The largest absolute Gasteiger partial charge is 0.416 e. The number of aromatic nitrogens is 2. The van der Waals surface area contributed by atoms with Crippen LogP contribution in [-0.2, 0) is 22.3 Å². The van der Waals surface area contributed by atoms with E-state index in [1.54, 1.807) is 37.3 Å². The Balaban J connectivity index is 1.70. The average molecular weight is 604 g/mol. The molecule has 0 saturated carbocycles. The zero-order chi connectivity index (χ0) is 31.6. The van der Waals surface area contributed by atoms with Crippen LogP contribution in [0.5, 0.6) is 0 Å². The van der Waals surface area contributed by atoms with Crippen LogP contribution in [0.1, 0.15) is 45.6 Å². The van der Waals surface area contributed by atoms with Gasteiger partial charge in [0.05, 0.1) is 23.5 Å². The number of halogens is 4. The number of carbonyl (C=O) groups is 3. The molecule has 12 heteroatoms. The lowest BCUT2D eigenvalue weighted by Crippen LogP contribution is -2.55. The van der Waals surface area contributed by atoms with Crippen LogP contribution in [0.15, 0.2) is 78.9 Å². The molecule has 5 rings (SSSR count). The monoisotopic (exact) mass is 603 g/mol. The number of alkyl halides is 3. The second kappa shape index (κ2) is 12.0. The molecule has 3 amide bonds. The maximum absolute atomic E-state index is 14.2. The molecule has 0 spiro atoms. The standard InChI is InChI=1S/C32H25F4N5O3/c1-3-25(42)37-18-24-27-26(19-13-15-22(33)16-14-19)28(38-29(43)20-9-8-10-21(17-20)32(34,35)36)31(44)40(4-2)30(27)41(39-24)23-11-6-5-7-12-23/h1,5-17,26,28H,4,18H2,2H3,(H,37,42)(H,38,43)/t26-,28-/m0/s1. The third-order valence-electron chi connectivity index (χ3n) is 7.24. The molecule has 0 saturated heterocycles. The number of anilines is 1. The minimum Gasteiger partial charge on any atom is -0.340 e. The van der Waals surface area contributed by atoms with Crippen LogP contribution in [0, 0.1) is 18.2 Å².